The molecule has 118 valence electrons. The number of carbonyl (C=O) groups is 1. The second-order valence-electron chi connectivity index (χ2n) is 5.24. The fourth-order valence-electron chi connectivity index (χ4n) is 2.33. The number of aromatic nitrogens is 5. The summed E-state index contributed by atoms with van der Waals surface area (Å²) >= 11 is 2.95. The molecule has 0 radical (unpaired) electrons. The largest absolute Gasteiger partial charge is 0.342 e. The number of hydrogen-bond donors (Lipinski definition) is 0. The second kappa shape index (κ2) is 5.89. The summed E-state index contributed by atoms with van der Waals surface area (Å²) < 4.78 is 1.68. The molecule has 4 heterocycles. The highest BCUT2D eigenvalue weighted by Gasteiger charge is 2.26. The number of fused-ring (bicyclic) bond motifs is 1. The zero-order valence-electron chi connectivity index (χ0n) is 12.4. The second-order valence-corrected chi connectivity index (χ2v) is 7.50. The number of nitrogens with zero attached hydrogens (tertiary/aromatic N) is 6. The van der Waals surface area contributed by atoms with Crippen LogP contribution in [0.4, 0.5) is 0 Å². The molecule has 0 spiro atoms. The third-order valence-corrected chi connectivity index (χ3v) is 5.46. The Kier molecular flexibility index (Phi) is 3.74. The summed E-state index contributed by atoms with van der Waals surface area (Å²) in [5.74, 6) is 0.797. The van der Waals surface area contributed by atoms with Crippen LogP contribution in [0.5, 0.6) is 0 Å². The molecule has 7 nitrogen and oxygen atoms in total. The van der Waals surface area contributed by atoms with Crippen molar-refractivity contribution in [2.24, 2.45) is 0 Å². The van der Waals surface area contributed by atoms with Gasteiger partial charge in [-0.3, -0.25) is 4.79 Å². The molecule has 1 aliphatic rings. The predicted octanol–water partition coefficient (Wildman–Crippen LogP) is 1.96. The van der Waals surface area contributed by atoms with Gasteiger partial charge in [0.25, 0.3) is 0 Å². The van der Waals surface area contributed by atoms with E-state index >= 15 is 0 Å². The van der Waals surface area contributed by atoms with E-state index in [1.54, 1.807) is 10.7 Å². The molecule has 1 aliphatic heterocycles. The zero-order chi connectivity index (χ0) is 15.8. The maximum Gasteiger partial charge on any atom is 0.235 e. The summed E-state index contributed by atoms with van der Waals surface area (Å²) in [7, 11) is 0. The average Bonchev–Trinajstić information content (AvgIpc) is 3.13. The Balaban J connectivity index is 1.60. The number of carbonyl (C=O) groups excluding carboxylic acids is 1. The van der Waals surface area contributed by atoms with Gasteiger partial charge in [-0.25, -0.2) is 4.98 Å². The Hall–Kier alpha value is -2.00. The van der Waals surface area contributed by atoms with Gasteiger partial charge in [-0.15, -0.1) is 21.5 Å². The first-order valence-electron chi connectivity index (χ1n) is 7.30. The first-order chi connectivity index (χ1) is 11.2. The van der Waals surface area contributed by atoms with Gasteiger partial charge in [0, 0.05) is 24.7 Å². The summed E-state index contributed by atoms with van der Waals surface area (Å²) in [5.41, 5.74) is 0.668. The van der Waals surface area contributed by atoms with Crippen LogP contribution in [0.1, 0.15) is 13.3 Å². The topological polar surface area (TPSA) is 76.3 Å². The van der Waals surface area contributed by atoms with Gasteiger partial charge in [0.1, 0.15) is 5.03 Å². The van der Waals surface area contributed by atoms with Gasteiger partial charge in [-0.1, -0.05) is 11.8 Å². The van der Waals surface area contributed by atoms with E-state index in [4.69, 9.17) is 0 Å². The van der Waals surface area contributed by atoms with Crippen LogP contribution in [0.2, 0.25) is 0 Å². The Labute approximate surface area is 140 Å². The first-order valence-corrected chi connectivity index (χ1v) is 9.06. The van der Waals surface area contributed by atoms with E-state index in [1.807, 2.05) is 29.3 Å². The zero-order valence-corrected chi connectivity index (χ0v) is 14.0. The molecule has 4 rings (SSSR count). The van der Waals surface area contributed by atoms with E-state index in [1.165, 1.54) is 23.1 Å². The molecule has 0 aliphatic carbocycles. The Bertz CT molecular complexity index is 842. The Morgan fingerprint density at radius 2 is 2.22 bits per heavy atom. The van der Waals surface area contributed by atoms with E-state index in [9.17, 15) is 4.79 Å². The molecule has 3 aromatic heterocycles. The monoisotopic (exact) mass is 346 g/mol. The van der Waals surface area contributed by atoms with Gasteiger partial charge in [0.05, 0.1) is 5.25 Å². The molecule has 0 saturated carbocycles. The summed E-state index contributed by atoms with van der Waals surface area (Å²) in [5, 5.41) is 16.1. The third kappa shape index (κ3) is 2.70. The van der Waals surface area contributed by atoms with Crippen LogP contribution in [-0.2, 0) is 4.79 Å². The minimum absolute atomic E-state index is 0.153. The minimum atomic E-state index is -0.153. The van der Waals surface area contributed by atoms with Gasteiger partial charge in [-0.2, -0.15) is 9.61 Å². The van der Waals surface area contributed by atoms with E-state index < -0.39 is 0 Å². The van der Waals surface area contributed by atoms with Crippen molar-refractivity contribution >= 4 is 34.7 Å². The summed E-state index contributed by atoms with van der Waals surface area (Å²) in [6.07, 6.45) is 2.83. The lowest BCUT2D eigenvalue weighted by atomic mass is 10.2. The summed E-state index contributed by atoms with van der Waals surface area (Å²) in [6.45, 7) is 3.66. The van der Waals surface area contributed by atoms with E-state index in [2.05, 4.69) is 20.3 Å². The number of thioether (sulfide) groups is 1. The number of amides is 1. The van der Waals surface area contributed by atoms with Gasteiger partial charge in [0.2, 0.25) is 11.7 Å². The molecule has 9 heteroatoms. The lowest BCUT2D eigenvalue weighted by Gasteiger charge is -2.32. The number of rotatable bonds is 4. The molecule has 0 N–H and O–H groups in total. The van der Waals surface area contributed by atoms with Crippen molar-refractivity contribution in [2.45, 2.75) is 23.6 Å². The van der Waals surface area contributed by atoms with Crippen molar-refractivity contribution in [1.29, 1.82) is 0 Å². The number of likely N-dealkylation sites (tertiary alicyclic amines) is 1. The smallest absolute Gasteiger partial charge is 0.235 e. The van der Waals surface area contributed by atoms with Crippen LogP contribution in [0.15, 0.2) is 28.7 Å². The molecule has 1 atom stereocenters. The number of hydrogen-bond acceptors (Lipinski definition) is 7. The van der Waals surface area contributed by atoms with Gasteiger partial charge >= 0.3 is 0 Å². The fourth-order valence-corrected chi connectivity index (χ4v) is 3.82. The van der Waals surface area contributed by atoms with Crippen molar-refractivity contribution in [3.8, 4) is 10.8 Å². The molecule has 1 amide bonds. The standard InChI is InChI=1S/C14H14N6OS2/c1-9(14(21)19-6-2-7-19)23-11-4-3-10-16-17-12(20(10)18-11)13-15-5-8-22-13/h3-5,8-9H,2,6-7H2,1H3/t9-/m1/s1. The third-order valence-electron chi connectivity index (χ3n) is 3.67. The maximum atomic E-state index is 12.2. The van der Waals surface area contributed by atoms with Crippen molar-refractivity contribution in [3.05, 3.63) is 23.7 Å². The Morgan fingerprint density at radius 1 is 1.35 bits per heavy atom. The van der Waals surface area contributed by atoms with Crippen LogP contribution in [0, 0.1) is 0 Å². The molecular formula is C14H14N6OS2. The Morgan fingerprint density at radius 3 is 2.91 bits per heavy atom. The molecule has 0 aromatic carbocycles. The lowest BCUT2D eigenvalue weighted by molar-refractivity contribution is -0.133. The maximum absolute atomic E-state index is 12.2. The van der Waals surface area contributed by atoms with Crippen LogP contribution in [0.3, 0.4) is 0 Å². The molecular weight excluding hydrogens is 332 g/mol. The average molecular weight is 346 g/mol. The lowest BCUT2D eigenvalue weighted by Crippen LogP contribution is -2.45. The molecule has 3 aromatic rings. The van der Waals surface area contributed by atoms with Crippen LogP contribution >= 0.6 is 23.1 Å². The van der Waals surface area contributed by atoms with Crippen molar-refractivity contribution < 1.29 is 4.79 Å². The first kappa shape index (κ1) is 14.6. The normalized spacial score (nSPS) is 15.6. The molecule has 0 unspecified atom stereocenters. The molecule has 1 saturated heterocycles. The van der Waals surface area contributed by atoms with E-state index in [0.717, 1.165) is 29.5 Å². The molecule has 1 fully saturated rings. The van der Waals surface area contributed by atoms with Crippen molar-refractivity contribution in [2.75, 3.05) is 13.1 Å². The predicted molar refractivity (Wildman–Crippen MR) is 88.4 cm³/mol. The van der Waals surface area contributed by atoms with Gasteiger partial charge in [-0.05, 0) is 25.5 Å². The van der Waals surface area contributed by atoms with Crippen molar-refractivity contribution in [1.82, 2.24) is 29.7 Å². The van der Waals surface area contributed by atoms with Crippen LogP contribution in [-0.4, -0.2) is 53.9 Å². The van der Waals surface area contributed by atoms with E-state index in [0.29, 0.717) is 11.5 Å². The van der Waals surface area contributed by atoms with Gasteiger partial charge < -0.3 is 4.90 Å². The summed E-state index contributed by atoms with van der Waals surface area (Å²) in [4.78, 5) is 18.4. The van der Waals surface area contributed by atoms with Crippen molar-refractivity contribution in [3.63, 3.8) is 0 Å². The molecule has 0 bridgehead atoms. The van der Waals surface area contributed by atoms with Crippen LogP contribution < -0.4 is 0 Å². The van der Waals surface area contributed by atoms with E-state index in [-0.39, 0.29) is 11.2 Å². The molecule has 23 heavy (non-hydrogen) atoms. The highest BCUT2D eigenvalue weighted by atomic mass is 32.2. The number of thiazole rings is 1. The van der Waals surface area contributed by atoms with Crippen LogP contribution in [0.25, 0.3) is 16.5 Å². The summed E-state index contributed by atoms with van der Waals surface area (Å²) in [6, 6.07) is 3.74. The minimum Gasteiger partial charge on any atom is -0.342 e. The fraction of sp³-hybridized carbons (Fsp3) is 0.357. The highest BCUT2D eigenvalue weighted by molar-refractivity contribution is 8.00. The SMILES string of the molecule is C[C@@H](Sc1ccc2nnc(-c3nccs3)n2n1)C(=O)N1CCC1. The highest BCUT2D eigenvalue weighted by Crippen LogP contribution is 2.26. The quantitative estimate of drug-likeness (QED) is 0.672. The van der Waals surface area contributed by atoms with Gasteiger partial charge in [0.15, 0.2) is 10.7 Å².